The highest BCUT2D eigenvalue weighted by Gasteiger charge is 2.51. The van der Waals surface area contributed by atoms with E-state index in [1.807, 2.05) is 6.92 Å². The minimum absolute atomic E-state index is 0.0809. The zero-order valence-electron chi connectivity index (χ0n) is 28.1. The molecule has 0 aromatic carbocycles. The first-order chi connectivity index (χ1) is 22.4. The third-order valence-electron chi connectivity index (χ3n) is 7.80. The highest BCUT2D eigenvalue weighted by atomic mass is 31.2. The number of carbonyl (C=O) groups is 2. The number of hydrogen-bond acceptors (Lipinski definition) is 12. The van der Waals surface area contributed by atoms with Crippen LogP contribution in [0.1, 0.15) is 117 Å². The summed E-state index contributed by atoms with van der Waals surface area (Å²) in [5.41, 5.74) is 0. The number of phosphoric ester groups is 1. The molecule has 1 aliphatic carbocycles. The summed E-state index contributed by atoms with van der Waals surface area (Å²) in [7, 11) is -5.09. The molecule has 0 saturated heterocycles. The smallest absolute Gasteiger partial charge is 0.462 e. The fourth-order valence-corrected chi connectivity index (χ4v) is 5.86. The lowest BCUT2D eigenvalue weighted by Crippen LogP contribution is -2.64. The SMILES string of the molecule is CCCC/C=C\C/C=C\CCCCCCCC(=O)OC(COC(=O)CCCCCC)COP(=O)(O)OC1C(O)C(O)C(O)C(O)C1O. The van der Waals surface area contributed by atoms with Gasteiger partial charge in [0.15, 0.2) is 6.10 Å². The number of aliphatic hydroxyl groups is 5. The minimum atomic E-state index is -5.09. The average Bonchev–Trinajstić information content (AvgIpc) is 3.04. The lowest BCUT2D eigenvalue weighted by Gasteiger charge is -2.41. The number of esters is 2. The normalized spacial score (nSPS) is 25.2. The molecular formula is C33H59O13P. The first-order valence-electron chi connectivity index (χ1n) is 17.1. The predicted octanol–water partition coefficient (Wildman–Crippen LogP) is 4.16. The monoisotopic (exact) mass is 694 g/mol. The molecule has 0 bridgehead atoms. The van der Waals surface area contributed by atoms with E-state index < -0.39 is 75.7 Å². The van der Waals surface area contributed by atoms with Crippen molar-refractivity contribution in [3.63, 3.8) is 0 Å². The second-order valence-electron chi connectivity index (χ2n) is 12.0. The van der Waals surface area contributed by atoms with Crippen LogP contribution >= 0.6 is 7.82 Å². The van der Waals surface area contributed by atoms with E-state index in [0.717, 1.165) is 64.2 Å². The summed E-state index contributed by atoms with van der Waals surface area (Å²) in [5.74, 6) is -1.14. The number of hydrogen-bond donors (Lipinski definition) is 6. The number of rotatable bonds is 26. The fraction of sp³-hybridized carbons (Fsp3) is 0.818. The molecule has 47 heavy (non-hydrogen) atoms. The Morgan fingerprint density at radius 1 is 0.660 bits per heavy atom. The maximum Gasteiger partial charge on any atom is 0.472 e. The molecular weight excluding hydrogens is 635 g/mol. The molecule has 0 heterocycles. The van der Waals surface area contributed by atoms with Gasteiger partial charge in [-0.2, -0.15) is 0 Å². The molecule has 0 aliphatic heterocycles. The van der Waals surface area contributed by atoms with Gasteiger partial charge in [0.25, 0.3) is 0 Å². The zero-order valence-corrected chi connectivity index (χ0v) is 29.0. The second kappa shape index (κ2) is 25.3. The molecule has 0 radical (unpaired) electrons. The number of unbranched alkanes of at least 4 members (excludes halogenated alkanes) is 10. The summed E-state index contributed by atoms with van der Waals surface area (Å²) in [5, 5.41) is 49.6. The van der Waals surface area contributed by atoms with Crippen LogP contribution in [0.25, 0.3) is 0 Å². The van der Waals surface area contributed by atoms with Gasteiger partial charge >= 0.3 is 19.8 Å². The highest BCUT2D eigenvalue weighted by molar-refractivity contribution is 7.47. The van der Waals surface area contributed by atoms with E-state index in [1.54, 1.807) is 0 Å². The summed E-state index contributed by atoms with van der Waals surface area (Å²) >= 11 is 0. The molecule has 13 nitrogen and oxygen atoms in total. The van der Waals surface area contributed by atoms with Gasteiger partial charge in [0, 0.05) is 12.8 Å². The third-order valence-corrected chi connectivity index (χ3v) is 8.78. The van der Waals surface area contributed by atoms with Crippen molar-refractivity contribution in [2.75, 3.05) is 13.2 Å². The van der Waals surface area contributed by atoms with E-state index in [4.69, 9.17) is 18.5 Å². The molecule has 1 saturated carbocycles. The van der Waals surface area contributed by atoms with Crippen molar-refractivity contribution >= 4 is 19.8 Å². The highest BCUT2D eigenvalue weighted by Crippen LogP contribution is 2.47. The standard InChI is InChI=1S/C33H59O13P/c1-3-5-7-9-10-11-12-13-14-15-16-17-18-20-22-27(35)45-25(23-43-26(34)21-19-8-6-4-2)24-44-47(41,42)46-33-31(39)29(37)28(36)30(38)32(33)40/h9-10,12-13,25,28-33,36-40H,3-8,11,14-24H2,1-2H3,(H,41,42)/b10-9-,13-12-. The largest absolute Gasteiger partial charge is 0.472 e. The second-order valence-corrected chi connectivity index (χ2v) is 13.4. The lowest BCUT2D eigenvalue weighted by molar-refractivity contribution is -0.220. The van der Waals surface area contributed by atoms with Crippen molar-refractivity contribution in [2.45, 2.75) is 159 Å². The zero-order chi connectivity index (χ0) is 35.1. The van der Waals surface area contributed by atoms with Crippen molar-refractivity contribution < 1.29 is 63.1 Å². The molecule has 1 aliphatic rings. The van der Waals surface area contributed by atoms with E-state index in [2.05, 4.69) is 31.2 Å². The van der Waals surface area contributed by atoms with Gasteiger partial charge < -0.3 is 39.9 Å². The van der Waals surface area contributed by atoms with Crippen molar-refractivity contribution in [1.29, 1.82) is 0 Å². The van der Waals surface area contributed by atoms with Gasteiger partial charge in [-0.05, 0) is 38.5 Å². The molecule has 6 unspecified atom stereocenters. The van der Waals surface area contributed by atoms with E-state index in [9.17, 15) is 44.6 Å². The molecule has 274 valence electrons. The van der Waals surface area contributed by atoms with Gasteiger partial charge in [0.05, 0.1) is 6.61 Å². The van der Waals surface area contributed by atoms with Crippen LogP contribution in [0.5, 0.6) is 0 Å². The van der Waals surface area contributed by atoms with E-state index in [0.29, 0.717) is 12.8 Å². The van der Waals surface area contributed by atoms with Crippen LogP contribution < -0.4 is 0 Å². The number of carbonyl (C=O) groups excluding carboxylic acids is 2. The summed E-state index contributed by atoms with van der Waals surface area (Å²) < 4.78 is 32.9. The molecule has 14 heteroatoms. The predicted molar refractivity (Wildman–Crippen MR) is 175 cm³/mol. The van der Waals surface area contributed by atoms with Crippen molar-refractivity contribution in [1.82, 2.24) is 0 Å². The molecule has 6 N–H and O–H groups in total. The molecule has 0 aromatic heterocycles. The number of ether oxygens (including phenoxy) is 2. The average molecular weight is 695 g/mol. The van der Waals surface area contributed by atoms with Gasteiger partial charge in [-0.1, -0.05) is 89.5 Å². The van der Waals surface area contributed by atoms with Crippen LogP contribution in [0, 0.1) is 0 Å². The van der Waals surface area contributed by atoms with Crippen molar-refractivity contribution in [2.24, 2.45) is 0 Å². The maximum atomic E-state index is 12.6. The molecule has 0 spiro atoms. The van der Waals surface area contributed by atoms with Crippen LogP contribution in [-0.2, 0) is 32.7 Å². The van der Waals surface area contributed by atoms with Crippen LogP contribution in [0.15, 0.2) is 24.3 Å². The van der Waals surface area contributed by atoms with E-state index in [1.165, 1.54) is 12.8 Å². The Hall–Kier alpha value is -1.67. The van der Waals surface area contributed by atoms with Crippen molar-refractivity contribution in [3.05, 3.63) is 24.3 Å². The van der Waals surface area contributed by atoms with E-state index in [-0.39, 0.29) is 12.8 Å². The van der Waals surface area contributed by atoms with Gasteiger partial charge in [-0.25, -0.2) is 4.57 Å². The quantitative estimate of drug-likeness (QED) is 0.0326. The number of phosphoric acid groups is 1. The van der Waals surface area contributed by atoms with Crippen LogP contribution in [0.2, 0.25) is 0 Å². The first-order valence-corrected chi connectivity index (χ1v) is 18.6. The van der Waals surface area contributed by atoms with E-state index >= 15 is 0 Å². The van der Waals surface area contributed by atoms with Gasteiger partial charge in [0.1, 0.15) is 43.2 Å². The number of aliphatic hydroxyl groups excluding tert-OH is 5. The summed E-state index contributed by atoms with van der Waals surface area (Å²) in [4.78, 5) is 34.9. The topological polar surface area (TPSA) is 210 Å². The summed E-state index contributed by atoms with van der Waals surface area (Å²) in [6, 6.07) is 0. The molecule has 1 rings (SSSR count). The Balaban J connectivity index is 2.54. The Labute approximate surface area is 279 Å². The third kappa shape index (κ3) is 19.2. The minimum Gasteiger partial charge on any atom is -0.462 e. The Morgan fingerprint density at radius 3 is 1.79 bits per heavy atom. The maximum absolute atomic E-state index is 12.6. The molecule has 6 atom stereocenters. The van der Waals surface area contributed by atoms with Crippen LogP contribution in [0.3, 0.4) is 0 Å². The molecule has 0 aromatic rings. The Bertz CT molecular complexity index is 943. The summed E-state index contributed by atoms with van der Waals surface area (Å²) in [6.07, 6.45) is 9.16. The van der Waals surface area contributed by atoms with Gasteiger partial charge in [-0.15, -0.1) is 0 Å². The number of allylic oxidation sites excluding steroid dienone is 4. The van der Waals surface area contributed by atoms with Crippen LogP contribution in [-0.4, -0.2) is 98.3 Å². The fourth-order valence-electron chi connectivity index (χ4n) is 4.89. The van der Waals surface area contributed by atoms with Gasteiger partial charge in [-0.3, -0.25) is 18.6 Å². The lowest BCUT2D eigenvalue weighted by atomic mass is 9.85. The molecule has 1 fully saturated rings. The first kappa shape index (κ1) is 43.4. The Morgan fingerprint density at radius 2 is 1.17 bits per heavy atom. The van der Waals surface area contributed by atoms with Crippen molar-refractivity contribution in [3.8, 4) is 0 Å². The van der Waals surface area contributed by atoms with Crippen LogP contribution in [0.4, 0.5) is 0 Å². The molecule has 0 amide bonds. The van der Waals surface area contributed by atoms with Gasteiger partial charge in [0.2, 0.25) is 0 Å². The summed E-state index contributed by atoms with van der Waals surface area (Å²) in [6.45, 7) is 3.03. The Kier molecular flexibility index (Phi) is 23.4.